The van der Waals surface area contributed by atoms with E-state index in [9.17, 15) is 10.2 Å². The van der Waals surface area contributed by atoms with Gasteiger partial charge < -0.3 is 19.8 Å². The first-order valence-corrected chi connectivity index (χ1v) is 13.2. The maximum atomic E-state index is 11.5. The van der Waals surface area contributed by atoms with Gasteiger partial charge in [-0.3, -0.25) is 0 Å². The van der Waals surface area contributed by atoms with Gasteiger partial charge in [-0.15, -0.1) is 0 Å². The van der Waals surface area contributed by atoms with Crippen LogP contribution in [0.1, 0.15) is 70.9 Å². The molecule has 1 heterocycles. The van der Waals surface area contributed by atoms with Crippen LogP contribution in [0, 0.1) is 0 Å². The Kier molecular flexibility index (Phi) is 10.3. The molecule has 1 fully saturated rings. The smallest absolute Gasteiger partial charge is 0.130 e. The summed E-state index contributed by atoms with van der Waals surface area (Å²) in [7, 11) is 0. The number of unbranched alkanes of at least 4 members (excludes halogenated alkanes) is 2. The van der Waals surface area contributed by atoms with Crippen LogP contribution in [0.15, 0.2) is 53.6 Å². The zero-order chi connectivity index (χ0) is 25.2. The van der Waals surface area contributed by atoms with Crippen LogP contribution < -0.4 is 4.90 Å². The van der Waals surface area contributed by atoms with Gasteiger partial charge in [0.1, 0.15) is 11.5 Å². The maximum absolute atomic E-state index is 11.5. The van der Waals surface area contributed by atoms with Crippen molar-refractivity contribution in [3.05, 3.63) is 64.8 Å². The standard InChI is InChI=1S/C31H43NO3/c1-5-6-7-12-26-22-29(33)28(16-15-24(4)11-8-10-23(2)3)31(34)30(26)25-13-9-14-27(21-25)32-17-19-35-20-18-32/h9-10,13-15,21-22,33-34H,5-8,11-12,16-20H2,1-4H3. The zero-order valence-corrected chi connectivity index (χ0v) is 22.1. The van der Waals surface area contributed by atoms with Gasteiger partial charge in [0.25, 0.3) is 0 Å². The second-order valence-electron chi connectivity index (χ2n) is 9.94. The molecule has 190 valence electrons. The summed E-state index contributed by atoms with van der Waals surface area (Å²) in [6.45, 7) is 11.8. The van der Waals surface area contributed by atoms with E-state index in [-0.39, 0.29) is 11.5 Å². The largest absolute Gasteiger partial charge is 0.508 e. The molecule has 3 rings (SSSR count). The van der Waals surface area contributed by atoms with Crippen LogP contribution in [-0.4, -0.2) is 36.5 Å². The van der Waals surface area contributed by atoms with Gasteiger partial charge in [0.2, 0.25) is 0 Å². The zero-order valence-electron chi connectivity index (χ0n) is 22.1. The molecule has 0 amide bonds. The Morgan fingerprint density at radius 1 is 1.03 bits per heavy atom. The third-order valence-corrected chi connectivity index (χ3v) is 6.77. The second kappa shape index (κ2) is 13.4. The van der Waals surface area contributed by atoms with Crippen LogP contribution in [0.2, 0.25) is 0 Å². The molecular formula is C31H43NO3. The van der Waals surface area contributed by atoms with Gasteiger partial charge in [0.05, 0.1) is 13.2 Å². The molecule has 2 N–H and O–H groups in total. The number of allylic oxidation sites excluding steroid dienone is 4. The summed E-state index contributed by atoms with van der Waals surface area (Å²) in [5.74, 6) is 0.402. The summed E-state index contributed by atoms with van der Waals surface area (Å²) in [6, 6.07) is 10.3. The first kappa shape index (κ1) is 26.9. The number of aromatic hydroxyl groups is 2. The lowest BCUT2D eigenvalue weighted by molar-refractivity contribution is 0.122. The minimum absolute atomic E-state index is 0.190. The van der Waals surface area contributed by atoms with Gasteiger partial charge in [-0.05, 0) is 82.2 Å². The number of ether oxygens (including phenoxy) is 1. The van der Waals surface area contributed by atoms with Crippen LogP contribution in [0.3, 0.4) is 0 Å². The Labute approximate surface area is 211 Å². The molecule has 35 heavy (non-hydrogen) atoms. The molecule has 0 spiro atoms. The van der Waals surface area contributed by atoms with Crippen molar-refractivity contribution in [3.8, 4) is 22.6 Å². The van der Waals surface area contributed by atoms with Crippen LogP contribution in [0.5, 0.6) is 11.5 Å². The number of benzene rings is 2. The lowest BCUT2D eigenvalue weighted by atomic mass is 9.90. The van der Waals surface area contributed by atoms with Crippen molar-refractivity contribution >= 4 is 5.69 Å². The number of phenolic OH excluding ortho intramolecular Hbond substituents is 2. The van der Waals surface area contributed by atoms with Gasteiger partial charge in [-0.2, -0.15) is 0 Å². The van der Waals surface area contributed by atoms with Gasteiger partial charge in [-0.25, -0.2) is 0 Å². The minimum atomic E-state index is 0.190. The summed E-state index contributed by atoms with van der Waals surface area (Å²) in [5.41, 5.74) is 7.23. The third-order valence-electron chi connectivity index (χ3n) is 6.77. The number of phenols is 2. The van der Waals surface area contributed by atoms with Crippen molar-refractivity contribution in [2.24, 2.45) is 0 Å². The van der Waals surface area contributed by atoms with E-state index in [2.05, 4.69) is 69.0 Å². The number of nitrogens with zero attached hydrogens (tertiary/aromatic N) is 1. The van der Waals surface area contributed by atoms with E-state index < -0.39 is 0 Å². The van der Waals surface area contributed by atoms with Crippen molar-refractivity contribution in [1.29, 1.82) is 0 Å². The Balaban J connectivity index is 1.96. The molecule has 1 aliphatic heterocycles. The molecule has 2 aromatic rings. The topological polar surface area (TPSA) is 52.9 Å². The lowest BCUT2D eigenvalue weighted by Crippen LogP contribution is -2.36. The molecule has 0 saturated carbocycles. The number of aryl methyl sites for hydroxylation is 1. The van der Waals surface area contributed by atoms with Crippen molar-refractivity contribution in [2.45, 2.75) is 72.6 Å². The van der Waals surface area contributed by atoms with Crippen molar-refractivity contribution < 1.29 is 14.9 Å². The predicted octanol–water partition coefficient (Wildman–Crippen LogP) is 7.57. The van der Waals surface area contributed by atoms with E-state index in [0.717, 1.165) is 87.2 Å². The summed E-state index contributed by atoms with van der Waals surface area (Å²) in [6.07, 6.45) is 11.0. The molecule has 1 aliphatic rings. The fraction of sp³-hybridized carbons (Fsp3) is 0.484. The molecule has 0 radical (unpaired) electrons. The van der Waals surface area contributed by atoms with E-state index in [0.29, 0.717) is 12.0 Å². The highest BCUT2D eigenvalue weighted by molar-refractivity contribution is 5.79. The predicted molar refractivity (Wildman–Crippen MR) is 148 cm³/mol. The number of hydrogen-bond acceptors (Lipinski definition) is 4. The highest BCUT2D eigenvalue weighted by Gasteiger charge is 2.20. The van der Waals surface area contributed by atoms with E-state index in [1.165, 1.54) is 11.1 Å². The summed E-state index contributed by atoms with van der Waals surface area (Å²) < 4.78 is 5.52. The quantitative estimate of drug-likeness (QED) is 0.259. The molecule has 0 aliphatic carbocycles. The Morgan fingerprint density at radius 2 is 1.80 bits per heavy atom. The average molecular weight is 478 g/mol. The van der Waals surface area contributed by atoms with E-state index >= 15 is 0 Å². The van der Waals surface area contributed by atoms with E-state index in [1.807, 2.05) is 6.07 Å². The molecule has 0 unspecified atom stereocenters. The molecule has 0 atom stereocenters. The van der Waals surface area contributed by atoms with Gasteiger partial charge in [0, 0.05) is 29.9 Å². The Hall–Kier alpha value is -2.72. The molecule has 4 heteroatoms. The average Bonchev–Trinajstić information content (AvgIpc) is 2.84. The van der Waals surface area contributed by atoms with Gasteiger partial charge in [0.15, 0.2) is 0 Å². The van der Waals surface area contributed by atoms with Crippen LogP contribution in [0.25, 0.3) is 11.1 Å². The van der Waals surface area contributed by atoms with Crippen molar-refractivity contribution in [1.82, 2.24) is 0 Å². The number of morpholine rings is 1. The summed E-state index contributed by atoms with van der Waals surface area (Å²) >= 11 is 0. The first-order valence-electron chi connectivity index (χ1n) is 13.2. The third kappa shape index (κ3) is 7.63. The Bertz CT molecular complexity index is 1030. The van der Waals surface area contributed by atoms with Gasteiger partial charge >= 0.3 is 0 Å². The van der Waals surface area contributed by atoms with Crippen molar-refractivity contribution in [2.75, 3.05) is 31.2 Å². The SMILES string of the molecule is CCCCCc1cc(O)c(CC=C(C)CCC=C(C)C)c(O)c1-c1cccc(N2CCOCC2)c1. The van der Waals surface area contributed by atoms with Crippen molar-refractivity contribution in [3.63, 3.8) is 0 Å². The van der Waals surface area contributed by atoms with Crippen LogP contribution in [0.4, 0.5) is 5.69 Å². The number of rotatable bonds is 11. The van der Waals surface area contributed by atoms with Gasteiger partial charge in [-0.1, -0.05) is 55.2 Å². The summed E-state index contributed by atoms with van der Waals surface area (Å²) in [5, 5.41) is 22.4. The molecule has 1 saturated heterocycles. The monoisotopic (exact) mass is 477 g/mol. The first-order chi connectivity index (χ1) is 16.9. The minimum Gasteiger partial charge on any atom is -0.508 e. The summed E-state index contributed by atoms with van der Waals surface area (Å²) in [4.78, 5) is 2.33. The second-order valence-corrected chi connectivity index (χ2v) is 9.94. The normalized spacial score (nSPS) is 14.3. The van der Waals surface area contributed by atoms with E-state index in [1.54, 1.807) is 0 Å². The lowest BCUT2D eigenvalue weighted by Gasteiger charge is -2.29. The molecular weight excluding hydrogens is 434 g/mol. The molecule has 2 aromatic carbocycles. The molecule has 0 bridgehead atoms. The highest BCUT2D eigenvalue weighted by atomic mass is 16.5. The number of hydrogen-bond donors (Lipinski definition) is 2. The van der Waals surface area contributed by atoms with Crippen LogP contribution in [-0.2, 0) is 17.6 Å². The molecule has 0 aromatic heterocycles. The number of anilines is 1. The maximum Gasteiger partial charge on any atom is 0.130 e. The molecule has 4 nitrogen and oxygen atoms in total. The van der Waals surface area contributed by atoms with E-state index in [4.69, 9.17) is 4.74 Å². The van der Waals surface area contributed by atoms with Crippen LogP contribution >= 0.6 is 0 Å². The fourth-order valence-electron chi connectivity index (χ4n) is 4.68. The highest BCUT2D eigenvalue weighted by Crippen LogP contribution is 2.42. The fourth-order valence-corrected chi connectivity index (χ4v) is 4.68. The Morgan fingerprint density at radius 3 is 2.51 bits per heavy atom.